The molecule has 0 aromatic heterocycles. The number of benzene rings is 1. The minimum absolute atomic E-state index is 0. The lowest BCUT2D eigenvalue weighted by Crippen LogP contribution is -2.05. The van der Waals surface area contributed by atoms with Crippen LogP contribution in [0.5, 0.6) is 11.5 Å². The Labute approximate surface area is 96.4 Å². The number of hydrogen-bond donors (Lipinski definition) is 1. The highest BCUT2D eigenvalue weighted by Gasteiger charge is 2.07. The van der Waals surface area contributed by atoms with Gasteiger partial charge in [-0.05, 0) is 18.6 Å². The molecule has 0 aliphatic rings. The Bertz CT molecular complexity index is 300. The summed E-state index contributed by atoms with van der Waals surface area (Å²) in [7, 11) is 3.23. The number of halogens is 1. The number of aliphatic hydroxyl groups is 1. The molecule has 0 aliphatic heterocycles. The summed E-state index contributed by atoms with van der Waals surface area (Å²) in [5.74, 6) is 1.52. The quantitative estimate of drug-likeness (QED) is 0.864. The average Bonchev–Trinajstić information content (AvgIpc) is 2.17. The molecule has 1 N–H and O–H groups in total. The molecule has 86 valence electrons. The molecule has 1 atom stereocenters. The Morgan fingerprint density at radius 3 is 2.40 bits per heavy atom. The van der Waals surface area contributed by atoms with Crippen molar-refractivity contribution >= 4 is 12.4 Å². The summed E-state index contributed by atoms with van der Waals surface area (Å²) >= 11 is 0. The molecule has 0 saturated heterocycles. The first kappa shape index (κ1) is 14.1. The Kier molecular flexibility index (Phi) is 6.13. The van der Waals surface area contributed by atoms with Gasteiger partial charge in [-0.25, -0.2) is 0 Å². The van der Waals surface area contributed by atoms with Gasteiger partial charge < -0.3 is 14.6 Å². The van der Waals surface area contributed by atoms with Gasteiger partial charge in [-0.15, -0.1) is 12.4 Å². The van der Waals surface area contributed by atoms with Crippen molar-refractivity contribution < 1.29 is 14.6 Å². The predicted molar refractivity (Wildman–Crippen MR) is 62.2 cm³/mol. The van der Waals surface area contributed by atoms with E-state index in [2.05, 4.69) is 0 Å². The van der Waals surface area contributed by atoms with Gasteiger partial charge in [0, 0.05) is 12.5 Å². The summed E-state index contributed by atoms with van der Waals surface area (Å²) in [6, 6.07) is 5.59. The average molecular weight is 233 g/mol. The third-order valence-corrected chi connectivity index (χ3v) is 2.01. The van der Waals surface area contributed by atoms with Gasteiger partial charge in [0.15, 0.2) is 0 Å². The number of methoxy groups -OCH3 is 2. The highest BCUT2D eigenvalue weighted by atomic mass is 35.5. The highest BCUT2D eigenvalue weighted by Crippen LogP contribution is 2.25. The van der Waals surface area contributed by atoms with Crippen LogP contribution in [0.15, 0.2) is 18.2 Å². The van der Waals surface area contributed by atoms with Crippen molar-refractivity contribution in [2.75, 3.05) is 14.2 Å². The Morgan fingerprint density at radius 2 is 1.93 bits per heavy atom. The molecule has 1 rings (SSSR count). The first-order valence-electron chi connectivity index (χ1n) is 4.56. The minimum atomic E-state index is -0.364. The molecule has 1 aromatic rings. The summed E-state index contributed by atoms with van der Waals surface area (Å²) in [5, 5.41) is 9.27. The van der Waals surface area contributed by atoms with E-state index in [1.165, 1.54) is 0 Å². The van der Waals surface area contributed by atoms with Gasteiger partial charge in [0.2, 0.25) is 0 Å². The second kappa shape index (κ2) is 6.53. The molecule has 0 bridgehead atoms. The van der Waals surface area contributed by atoms with Gasteiger partial charge in [0.05, 0.1) is 20.3 Å². The Morgan fingerprint density at radius 1 is 1.27 bits per heavy atom. The normalized spacial score (nSPS) is 11.5. The molecule has 0 fully saturated rings. The van der Waals surface area contributed by atoms with E-state index in [-0.39, 0.29) is 18.5 Å². The number of aliphatic hydroxyl groups excluding tert-OH is 1. The lowest BCUT2D eigenvalue weighted by molar-refractivity contribution is 0.194. The Balaban J connectivity index is 0.00000196. The maximum Gasteiger partial charge on any atom is 0.125 e. The van der Waals surface area contributed by atoms with Crippen LogP contribution >= 0.6 is 12.4 Å². The maximum absolute atomic E-state index is 9.27. The van der Waals surface area contributed by atoms with Crippen LogP contribution in [-0.4, -0.2) is 25.4 Å². The monoisotopic (exact) mass is 232 g/mol. The van der Waals surface area contributed by atoms with Gasteiger partial charge in [-0.3, -0.25) is 0 Å². The smallest absolute Gasteiger partial charge is 0.125 e. The summed E-state index contributed by atoms with van der Waals surface area (Å²) in [4.78, 5) is 0. The number of ether oxygens (including phenoxy) is 2. The van der Waals surface area contributed by atoms with E-state index in [4.69, 9.17) is 9.47 Å². The highest BCUT2D eigenvalue weighted by molar-refractivity contribution is 5.85. The molecular weight excluding hydrogens is 216 g/mol. The first-order chi connectivity index (χ1) is 6.67. The fourth-order valence-electron chi connectivity index (χ4n) is 1.34. The van der Waals surface area contributed by atoms with Gasteiger partial charge in [0.25, 0.3) is 0 Å². The van der Waals surface area contributed by atoms with Crippen LogP contribution in [0.1, 0.15) is 12.5 Å². The van der Waals surface area contributed by atoms with Crippen molar-refractivity contribution in [3.63, 3.8) is 0 Å². The van der Waals surface area contributed by atoms with Crippen molar-refractivity contribution in [2.24, 2.45) is 0 Å². The second-order valence-electron chi connectivity index (χ2n) is 3.23. The summed E-state index contributed by atoms with van der Waals surface area (Å²) in [6.45, 7) is 1.75. The van der Waals surface area contributed by atoms with Crippen LogP contribution < -0.4 is 9.47 Å². The van der Waals surface area contributed by atoms with Gasteiger partial charge in [0.1, 0.15) is 11.5 Å². The van der Waals surface area contributed by atoms with Crippen LogP contribution in [0.2, 0.25) is 0 Å². The minimum Gasteiger partial charge on any atom is -0.497 e. The standard InChI is InChI=1S/C11H16O3.ClH/c1-8(12)6-9-4-5-10(13-2)7-11(9)14-3;/h4-5,7-8,12H,6H2,1-3H3;1H. The largest absolute Gasteiger partial charge is 0.497 e. The molecule has 1 aromatic carbocycles. The third kappa shape index (κ3) is 3.98. The van der Waals surface area contributed by atoms with Crippen molar-refractivity contribution in [1.29, 1.82) is 0 Å². The zero-order valence-corrected chi connectivity index (χ0v) is 10.0. The molecular formula is C11H17ClO3. The fraction of sp³-hybridized carbons (Fsp3) is 0.455. The molecule has 0 aliphatic carbocycles. The zero-order valence-electron chi connectivity index (χ0n) is 9.19. The third-order valence-electron chi connectivity index (χ3n) is 2.01. The van der Waals surface area contributed by atoms with Crippen LogP contribution in [0, 0.1) is 0 Å². The summed E-state index contributed by atoms with van der Waals surface area (Å²) in [5.41, 5.74) is 0.989. The molecule has 0 radical (unpaired) electrons. The van der Waals surface area contributed by atoms with Crippen molar-refractivity contribution in [3.8, 4) is 11.5 Å². The van der Waals surface area contributed by atoms with E-state index in [1.54, 1.807) is 21.1 Å². The summed E-state index contributed by atoms with van der Waals surface area (Å²) in [6.07, 6.45) is 0.227. The van der Waals surface area contributed by atoms with Gasteiger partial charge in [-0.2, -0.15) is 0 Å². The van der Waals surface area contributed by atoms with E-state index in [9.17, 15) is 5.11 Å². The predicted octanol–water partition coefficient (Wildman–Crippen LogP) is 2.05. The fourth-order valence-corrected chi connectivity index (χ4v) is 1.34. The first-order valence-corrected chi connectivity index (χ1v) is 4.56. The lowest BCUT2D eigenvalue weighted by Gasteiger charge is -2.11. The van der Waals surface area contributed by atoms with Crippen molar-refractivity contribution in [3.05, 3.63) is 23.8 Å². The van der Waals surface area contributed by atoms with E-state index < -0.39 is 0 Å². The van der Waals surface area contributed by atoms with Crippen LogP contribution in [0.4, 0.5) is 0 Å². The van der Waals surface area contributed by atoms with E-state index in [0.717, 1.165) is 17.1 Å². The lowest BCUT2D eigenvalue weighted by atomic mass is 10.1. The molecule has 0 amide bonds. The molecule has 0 saturated carbocycles. The summed E-state index contributed by atoms with van der Waals surface area (Å²) < 4.78 is 10.3. The van der Waals surface area contributed by atoms with Crippen LogP contribution in [-0.2, 0) is 6.42 Å². The van der Waals surface area contributed by atoms with Gasteiger partial charge >= 0.3 is 0 Å². The molecule has 15 heavy (non-hydrogen) atoms. The molecule has 0 heterocycles. The topological polar surface area (TPSA) is 38.7 Å². The molecule has 3 nitrogen and oxygen atoms in total. The second-order valence-corrected chi connectivity index (χ2v) is 3.23. The van der Waals surface area contributed by atoms with E-state index in [0.29, 0.717) is 6.42 Å². The number of rotatable bonds is 4. The van der Waals surface area contributed by atoms with Crippen molar-refractivity contribution in [2.45, 2.75) is 19.4 Å². The molecule has 4 heteroatoms. The zero-order chi connectivity index (χ0) is 10.6. The van der Waals surface area contributed by atoms with Crippen molar-refractivity contribution in [1.82, 2.24) is 0 Å². The maximum atomic E-state index is 9.27. The van der Waals surface area contributed by atoms with E-state index >= 15 is 0 Å². The SMILES string of the molecule is COc1ccc(CC(C)O)c(OC)c1.Cl. The van der Waals surface area contributed by atoms with Crippen LogP contribution in [0.3, 0.4) is 0 Å². The van der Waals surface area contributed by atoms with Crippen LogP contribution in [0.25, 0.3) is 0 Å². The van der Waals surface area contributed by atoms with E-state index in [1.807, 2.05) is 18.2 Å². The molecule has 1 unspecified atom stereocenters. The molecule has 0 spiro atoms. The Hall–Kier alpha value is -0.930. The van der Waals surface area contributed by atoms with Gasteiger partial charge in [-0.1, -0.05) is 6.07 Å². The number of hydrogen-bond acceptors (Lipinski definition) is 3.